The van der Waals surface area contributed by atoms with Gasteiger partial charge in [0.25, 0.3) is 5.91 Å². The summed E-state index contributed by atoms with van der Waals surface area (Å²) in [6, 6.07) is -0.786. The molecule has 3 aliphatic rings. The molecule has 1 spiro atoms. The van der Waals surface area contributed by atoms with Gasteiger partial charge in [-0.1, -0.05) is 38.3 Å². The van der Waals surface area contributed by atoms with Crippen molar-refractivity contribution >= 4 is 17.8 Å². The lowest BCUT2D eigenvalue weighted by molar-refractivity contribution is -0.132. The molecule has 1 aromatic heterocycles. The third-order valence-electron chi connectivity index (χ3n) is 6.16. The van der Waals surface area contributed by atoms with Crippen molar-refractivity contribution in [3.05, 3.63) is 11.7 Å². The van der Waals surface area contributed by atoms with Gasteiger partial charge in [0.05, 0.1) is 0 Å². The van der Waals surface area contributed by atoms with Gasteiger partial charge in [-0.15, -0.1) is 0 Å². The molecule has 0 aromatic carbocycles. The van der Waals surface area contributed by atoms with E-state index in [2.05, 4.69) is 20.8 Å². The highest BCUT2D eigenvalue weighted by atomic mass is 16.5. The zero-order chi connectivity index (χ0) is 20.6. The maximum atomic E-state index is 12.8. The van der Waals surface area contributed by atoms with Crippen molar-refractivity contribution in [3.63, 3.8) is 0 Å². The Morgan fingerprint density at radius 3 is 2.66 bits per heavy atom. The summed E-state index contributed by atoms with van der Waals surface area (Å²) in [5, 5.41) is 9.82. The number of rotatable bonds is 7. The molecule has 4 amide bonds. The molecule has 158 valence electrons. The minimum absolute atomic E-state index is 0.0437. The number of hydrogen-bond donors (Lipinski definition) is 2. The van der Waals surface area contributed by atoms with Crippen LogP contribution in [0.1, 0.15) is 88.9 Å². The van der Waals surface area contributed by atoms with Crippen LogP contribution in [-0.2, 0) is 9.59 Å². The highest BCUT2D eigenvalue weighted by Gasteiger charge is 2.51. The number of amides is 4. The number of aromatic nitrogens is 2. The summed E-state index contributed by atoms with van der Waals surface area (Å²) in [7, 11) is 0. The molecule has 3 fully saturated rings. The Morgan fingerprint density at radius 2 is 2.00 bits per heavy atom. The summed E-state index contributed by atoms with van der Waals surface area (Å²) in [6.07, 6.45) is 6.50. The van der Waals surface area contributed by atoms with Crippen molar-refractivity contribution in [1.29, 1.82) is 0 Å². The Morgan fingerprint density at radius 1 is 1.28 bits per heavy atom. The number of urea groups is 1. The minimum Gasteiger partial charge on any atom is -0.344 e. The van der Waals surface area contributed by atoms with Gasteiger partial charge in [-0.3, -0.25) is 14.5 Å². The topological polar surface area (TPSA) is 117 Å². The lowest BCUT2D eigenvalue weighted by Crippen LogP contribution is -2.48. The van der Waals surface area contributed by atoms with E-state index in [0.717, 1.165) is 32.1 Å². The monoisotopic (exact) mass is 403 g/mol. The Kier molecular flexibility index (Phi) is 5.31. The van der Waals surface area contributed by atoms with E-state index < -0.39 is 17.6 Å². The number of carbonyl (C=O) groups excluding carboxylic acids is 3. The molecule has 0 radical (unpaired) electrons. The predicted octanol–water partition coefficient (Wildman–Crippen LogP) is 2.41. The fourth-order valence-corrected chi connectivity index (χ4v) is 4.23. The number of carbonyl (C=O) groups is 3. The average molecular weight is 403 g/mol. The van der Waals surface area contributed by atoms with Crippen LogP contribution in [0.5, 0.6) is 0 Å². The van der Waals surface area contributed by atoms with Crippen LogP contribution in [0.4, 0.5) is 4.79 Å². The van der Waals surface area contributed by atoms with Crippen LogP contribution in [0.3, 0.4) is 0 Å². The second-order valence-electron chi connectivity index (χ2n) is 8.83. The van der Waals surface area contributed by atoms with Crippen LogP contribution in [-0.4, -0.2) is 45.0 Å². The van der Waals surface area contributed by atoms with Crippen LogP contribution in [0.15, 0.2) is 4.52 Å². The summed E-state index contributed by atoms with van der Waals surface area (Å²) >= 11 is 0. The highest BCUT2D eigenvalue weighted by molar-refractivity contribution is 6.07. The van der Waals surface area contributed by atoms with Crippen LogP contribution in [0, 0.1) is 5.92 Å². The number of hydrogen-bond acceptors (Lipinski definition) is 6. The third-order valence-corrected chi connectivity index (χ3v) is 6.16. The van der Waals surface area contributed by atoms with Crippen LogP contribution in [0.2, 0.25) is 0 Å². The molecule has 1 aromatic rings. The second-order valence-corrected chi connectivity index (χ2v) is 8.83. The van der Waals surface area contributed by atoms with E-state index in [0.29, 0.717) is 30.5 Å². The fraction of sp³-hybridized carbons (Fsp3) is 0.750. The Balaban J connectivity index is 1.34. The van der Waals surface area contributed by atoms with E-state index in [4.69, 9.17) is 4.52 Å². The van der Waals surface area contributed by atoms with Crippen LogP contribution < -0.4 is 10.6 Å². The van der Waals surface area contributed by atoms with Gasteiger partial charge in [0.2, 0.25) is 11.8 Å². The first-order valence-corrected chi connectivity index (χ1v) is 10.7. The average Bonchev–Trinajstić information content (AvgIpc) is 3.38. The number of nitrogens with zero attached hydrogens (tertiary/aromatic N) is 3. The van der Waals surface area contributed by atoms with Crippen molar-refractivity contribution < 1.29 is 18.9 Å². The van der Waals surface area contributed by atoms with Gasteiger partial charge in [0.15, 0.2) is 5.82 Å². The SMILES string of the molecule is CC(C)C(NC(=O)CCN1C(=O)NC2(CCCCC2)C1=O)c1nc(C2CC2)no1. The summed E-state index contributed by atoms with van der Waals surface area (Å²) in [4.78, 5) is 43.3. The highest BCUT2D eigenvalue weighted by Crippen LogP contribution is 2.39. The first-order chi connectivity index (χ1) is 13.9. The molecule has 2 aliphatic carbocycles. The largest absolute Gasteiger partial charge is 0.344 e. The molecular formula is C20H29N5O4. The van der Waals surface area contributed by atoms with Crippen molar-refractivity contribution in [2.45, 2.75) is 82.7 Å². The molecule has 2 heterocycles. The molecule has 2 N–H and O–H groups in total. The van der Waals surface area contributed by atoms with E-state index in [-0.39, 0.29) is 30.7 Å². The minimum atomic E-state index is -0.755. The zero-order valence-electron chi connectivity index (χ0n) is 17.1. The third kappa shape index (κ3) is 4.00. The molecule has 29 heavy (non-hydrogen) atoms. The lowest BCUT2D eigenvalue weighted by Gasteiger charge is -2.30. The summed E-state index contributed by atoms with van der Waals surface area (Å²) in [6.45, 7) is 4.01. The molecule has 1 unspecified atom stereocenters. The molecule has 9 nitrogen and oxygen atoms in total. The van der Waals surface area contributed by atoms with Gasteiger partial charge in [-0.2, -0.15) is 4.98 Å². The number of nitrogens with one attached hydrogen (secondary N) is 2. The Bertz CT molecular complexity index is 795. The fourth-order valence-electron chi connectivity index (χ4n) is 4.23. The molecule has 1 aliphatic heterocycles. The molecule has 2 saturated carbocycles. The Hall–Kier alpha value is -2.45. The summed E-state index contributed by atoms with van der Waals surface area (Å²) in [5.74, 6) is 1.11. The molecule has 0 bridgehead atoms. The second kappa shape index (κ2) is 7.76. The first kappa shape index (κ1) is 19.8. The van der Waals surface area contributed by atoms with Gasteiger partial charge in [0.1, 0.15) is 11.6 Å². The summed E-state index contributed by atoms with van der Waals surface area (Å²) in [5.41, 5.74) is -0.755. The molecular weight excluding hydrogens is 374 g/mol. The van der Waals surface area contributed by atoms with E-state index in [9.17, 15) is 14.4 Å². The first-order valence-electron chi connectivity index (χ1n) is 10.7. The van der Waals surface area contributed by atoms with Gasteiger partial charge in [0, 0.05) is 18.9 Å². The van der Waals surface area contributed by atoms with E-state index >= 15 is 0 Å². The van der Waals surface area contributed by atoms with E-state index in [1.165, 1.54) is 4.90 Å². The quantitative estimate of drug-likeness (QED) is 0.675. The standard InChI is InChI=1S/C20H29N5O4/c1-12(2)15(17-22-16(24-29-17)13-6-7-13)21-14(26)8-11-25-18(27)20(23-19(25)28)9-4-3-5-10-20/h12-13,15H,3-11H2,1-2H3,(H,21,26)(H,23,28). The van der Waals surface area contributed by atoms with Gasteiger partial charge < -0.3 is 15.2 Å². The van der Waals surface area contributed by atoms with Crippen molar-refractivity contribution in [1.82, 2.24) is 25.7 Å². The zero-order valence-corrected chi connectivity index (χ0v) is 17.1. The number of imide groups is 1. The maximum absolute atomic E-state index is 12.8. The smallest absolute Gasteiger partial charge is 0.325 e. The van der Waals surface area contributed by atoms with E-state index in [1.807, 2.05) is 13.8 Å². The van der Waals surface area contributed by atoms with Crippen LogP contribution in [0.25, 0.3) is 0 Å². The van der Waals surface area contributed by atoms with E-state index in [1.54, 1.807) is 0 Å². The van der Waals surface area contributed by atoms with Gasteiger partial charge in [-0.05, 0) is 31.6 Å². The lowest BCUT2D eigenvalue weighted by atomic mass is 9.82. The predicted molar refractivity (Wildman–Crippen MR) is 103 cm³/mol. The maximum Gasteiger partial charge on any atom is 0.325 e. The normalized spacial score (nSPS) is 22.2. The van der Waals surface area contributed by atoms with Gasteiger partial charge in [-0.25, -0.2) is 4.79 Å². The molecule has 4 rings (SSSR count). The van der Waals surface area contributed by atoms with Gasteiger partial charge >= 0.3 is 6.03 Å². The molecule has 1 atom stereocenters. The van der Waals surface area contributed by atoms with Crippen molar-refractivity contribution in [2.75, 3.05) is 6.54 Å². The Labute approximate surface area is 170 Å². The van der Waals surface area contributed by atoms with Crippen LogP contribution >= 0.6 is 0 Å². The molecule has 9 heteroatoms. The van der Waals surface area contributed by atoms with Crippen molar-refractivity contribution in [2.24, 2.45) is 5.92 Å². The van der Waals surface area contributed by atoms with Crippen molar-refractivity contribution in [3.8, 4) is 0 Å². The molecule has 1 saturated heterocycles. The summed E-state index contributed by atoms with van der Waals surface area (Å²) < 4.78 is 5.37.